The lowest BCUT2D eigenvalue weighted by atomic mass is 10.2. The molecule has 1 aromatic carbocycles. The van der Waals surface area contributed by atoms with Gasteiger partial charge in [-0.05, 0) is 30.2 Å². The molecule has 3 aromatic heterocycles. The third kappa shape index (κ3) is 3.06. The first kappa shape index (κ1) is 16.6. The largest absolute Gasteiger partial charge is 0.326 e. The number of halogens is 1. The maximum atomic E-state index is 6.32. The Morgan fingerprint density at radius 1 is 1.11 bits per heavy atom. The summed E-state index contributed by atoms with van der Waals surface area (Å²) in [6.07, 6.45) is 3.15. The van der Waals surface area contributed by atoms with E-state index in [0.29, 0.717) is 10.8 Å². The standard InChI is InChI=1S/C20H19ClN6/c21-16-3-1-2-14-5-6-17(23-19(14)16)20-25-24-18-7-4-13(11-27(18)20)10-26-9-8-15(22)12-26/h1-7,11,15H,8-10,12,22H2. The lowest BCUT2D eigenvalue weighted by Crippen LogP contribution is -2.26. The topological polar surface area (TPSA) is 72.3 Å². The van der Waals surface area contributed by atoms with E-state index < -0.39 is 0 Å². The van der Waals surface area contributed by atoms with Crippen LogP contribution < -0.4 is 5.73 Å². The van der Waals surface area contributed by atoms with Crippen molar-refractivity contribution in [3.8, 4) is 11.5 Å². The Kier molecular flexibility index (Phi) is 4.04. The van der Waals surface area contributed by atoms with Crippen LogP contribution in [0.5, 0.6) is 0 Å². The van der Waals surface area contributed by atoms with E-state index in [1.807, 2.05) is 40.8 Å². The van der Waals surface area contributed by atoms with Crippen molar-refractivity contribution in [1.82, 2.24) is 24.5 Å². The van der Waals surface area contributed by atoms with Crippen molar-refractivity contribution < 1.29 is 0 Å². The number of aromatic nitrogens is 4. The van der Waals surface area contributed by atoms with Crippen molar-refractivity contribution in [3.63, 3.8) is 0 Å². The smallest absolute Gasteiger partial charge is 0.187 e. The fraction of sp³-hybridized carbons (Fsp3) is 0.250. The average Bonchev–Trinajstić information content (AvgIpc) is 3.28. The lowest BCUT2D eigenvalue weighted by molar-refractivity contribution is 0.326. The molecule has 4 heterocycles. The van der Waals surface area contributed by atoms with Crippen LogP contribution in [0, 0.1) is 0 Å². The van der Waals surface area contributed by atoms with Crippen molar-refractivity contribution in [3.05, 3.63) is 59.2 Å². The predicted octanol–water partition coefficient (Wildman–Crippen LogP) is 3.13. The Labute approximate surface area is 161 Å². The van der Waals surface area contributed by atoms with Crippen molar-refractivity contribution in [2.45, 2.75) is 19.0 Å². The second-order valence-corrected chi connectivity index (χ2v) is 7.49. The minimum Gasteiger partial charge on any atom is -0.326 e. The number of hydrogen-bond donors (Lipinski definition) is 1. The summed E-state index contributed by atoms with van der Waals surface area (Å²) in [6, 6.07) is 14.1. The molecule has 0 radical (unpaired) electrons. The Bertz CT molecular complexity index is 1140. The highest BCUT2D eigenvalue weighted by Gasteiger charge is 2.19. The van der Waals surface area contributed by atoms with Gasteiger partial charge in [-0.1, -0.05) is 35.9 Å². The molecule has 1 saturated heterocycles. The minimum absolute atomic E-state index is 0.283. The van der Waals surface area contributed by atoms with Gasteiger partial charge in [-0.25, -0.2) is 4.98 Å². The molecule has 27 heavy (non-hydrogen) atoms. The highest BCUT2D eigenvalue weighted by Crippen LogP contribution is 2.25. The van der Waals surface area contributed by atoms with E-state index in [4.69, 9.17) is 22.3 Å². The molecule has 1 atom stereocenters. The third-order valence-corrected chi connectivity index (χ3v) is 5.38. The Hall–Kier alpha value is -2.54. The van der Waals surface area contributed by atoms with Crippen LogP contribution >= 0.6 is 11.6 Å². The molecule has 5 rings (SSSR count). The summed E-state index contributed by atoms with van der Waals surface area (Å²) in [7, 11) is 0. The molecular weight excluding hydrogens is 360 g/mol. The zero-order valence-electron chi connectivity index (χ0n) is 14.7. The number of rotatable bonds is 3. The number of fused-ring (bicyclic) bond motifs is 2. The first-order valence-electron chi connectivity index (χ1n) is 9.04. The van der Waals surface area contributed by atoms with Crippen molar-refractivity contribution >= 4 is 28.2 Å². The highest BCUT2D eigenvalue weighted by molar-refractivity contribution is 6.35. The normalized spacial score (nSPS) is 17.9. The first-order valence-corrected chi connectivity index (χ1v) is 9.42. The van der Waals surface area contributed by atoms with Crippen molar-refractivity contribution in [1.29, 1.82) is 0 Å². The van der Waals surface area contributed by atoms with Crippen LogP contribution in [0.15, 0.2) is 48.7 Å². The fourth-order valence-corrected chi connectivity index (χ4v) is 3.93. The second-order valence-electron chi connectivity index (χ2n) is 7.08. The Balaban J connectivity index is 1.55. The quantitative estimate of drug-likeness (QED) is 0.593. The van der Waals surface area contributed by atoms with E-state index in [1.54, 1.807) is 0 Å². The Morgan fingerprint density at radius 2 is 2.04 bits per heavy atom. The van der Waals surface area contributed by atoms with Crippen LogP contribution in [0.3, 0.4) is 0 Å². The number of para-hydroxylation sites is 1. The molecule has 0 aliphatic carbocycles. The number of nitrogens with two attached hydrogens (primary N) is 1. The van der Waals surface area contributed by atoms with Crippen LogP contribution in [0.4, 0.5) is 0 Å². The van der Waals surface area contributed by atoms with Gasteiger partial charge in [-0.3, -0.25) is 9.30 Å². The maximum absolute atomic E-state index is 6.32. The molecule has 1 aliphatic heterocycles. The zero-order chi connectivity index (χ0) is 18.4. The fourth-order valence-electron chi connectivity index (χ4n) is 3.70. The third-order valence-electron chi connectivity index (χ3n) is 5.08. The van der Waals surface area contributed by atoms with E-state index in [2.05, 4.69) is 27.4 Å². The second kappa shape index (κ2) is 6.56. The van der Waals surface area contributed by atoms with E-state index in [1.165, 1.54) is 5.56 Å². The molecule has 136 valence electrons. The van der Waals surface area contributed by atoms with Gasteiger partial charge >= 0.3 is 0 Å². The van der Waals surface area contributed by atoms with Crippen LogP contribution in [0.1, 0.15) is 12.0 Å². The summed E-state index contributed by atoms with van der Waals surface area (Å²) in [6.45, 7) is 2.86. The number of hydrogen-bond acceptors (Lipinski definition) is 5. The summed E-state index contributed by atoms with van der Waals surface area (Å²) < 4.78 is 2.00. The van der Waals surface area contributed by atoms with Gasteiger partial charge in [0, 0.05) is 37.3 Å². The van der Waals surface area contributed by atoms with Gasteiger partial charge in [-0.2, -0.15) is 0 Å². The van der Waals surface area contributed by atoms with Gasteiger partial charge < -0.3 is 5.73 Å². The summed E-state index contributed by atoms with van der Waals surface area (Å²) in [5.41, 5.74) is 9.56. The molecule has 0 spiro atoms. The monoisotopic (exact) mass is 378 g/mol. The van der Waals surface area contributed by atoms with E-state index in [0.717, 1.165) is 48.3 Å². The van der Waals surface area contributed by atoms with Gasteiger partial charge in [0.1, 0.15) is 5.69 Å². The number of nitrogens with zero attached hydrogens (tertiary/aromatic N) is 5. The summed E-state index contributed by atoms with van der Waals surface area (Å²) in [4.78, 5) is 7.11. The van der Waals surface area contributed by atoms with Crippen LogP contribution in [0.2, 0.25) is 5.02 Å². The van der Waals surface area contributed by atoms with E-state index >= 15 is 0 Å². The van der Waals surface area contributed by atoms with Gasteiger partial charge in [0.15, 0.2) is 11.5 Å². The van der Waals surface area contributed by atoms with Gasteiger partial charge in [0.05, 0.1) is 10.5 Å². The molecule has 4 aromatic rings. The highest BCUT2D eigenvalue weighted by atomic mass is 35.5. The number of likely N-dealkylation sites (tertiary alicyclic amines) is 1. The molecule has 1 unspecified atom stereocenters. The molecule has 1 aliphatic rings. The van der Waals surface area contributed by atoms with Gasteiger partial charge in [0.2, 0.25) is 0 Å². The minimum atomic E-state index is 0.283. The van der Waals surface area contributed by atoms with Gasteiger partial charge in [-0.15, -0.1) is 10.2 Å². The summed E-state index contributed by atoms with van der Waals surface area (Å²) in [5.74, 6) is 0.715. The molecule has 6 nitrogen and oxygen atoms in total. The maximum Gasteiger partial charge on any atom is 0.187 e. The molecule has 7 heteroatoms. The van der Waals surface area contributed by atoms with Crippen molar-refractivity contribution in [2.24, 2.45) is 5.73 Å². The van der Waals surface area contributed by atoms with Crippen LogP contribution in [-0.4, -0.2) is 43.6 Å². The van der Waals surface area contributed by atoms with Crippen LogP contribution in [-0.2, 0) is 6.54 Å². The predicted molar refractivity (Wildman–Crippen MR) is 107 cm³/mol. The molecule has 0 bridgehead atoms. The molecular formula is C20H19ClN6. The SMILES string of the molecule is NC1CCN(Cc2ccc3nnc(-c4ccc5cccc(Cl)c5n4)n3c2)C1. The first-order chi connectivity index (χ1) is 13.2. The van der Waals surface area contributed by atoms with E-state index in [9.17, 15) is 0 Å². The van der Waals surface area contributed by atoms with Crippen LogP contribution in [0.25, 0.3) is 28.1 Å². The van der Waals surface area contributed by atoms with Gasteiger partial charge in [0.25, 0.3) is 0 Å². The average molecular weight is 379 g/mol. The van der Waals surface area contributed by atoms with Crippen molar-refractivity contribution in [2.75, 3.05) is 13.1 Å². The lowest BCUT2D eigenvalue weighted by Gasteiger charge is -2.15. The Morgan fingerprint density at radius 3 is 2.89 bits per heavy atom. The number of benzene rings is 1. The molecule has 1 fully saturated rings. The molecule has 0 saturated carbocycles. The molecule has 2 N–H and O–H groups in total. The van der Waals surface area contributed by atoms with E-state index in [-0.39, 0.29) is 6.04 Å². The molecule has 0 amide bonds. The zero-order valence-corrected chi connectivity index (χ0v) is 15.5. The summed E-state index contributed by atoms with van der Waals surface area (Å²) >= 11 is 6.32. The summed E-state index contributed by atoms with van der Waals surface area (Å²) in [5, 5.41) is 10.3. The number of pyridine rings is 2.